The van der Waals surface area contributed by atoms with Crippen molar-refractivity contribution in [2.75, 3.05) is 7.11 Å². The van der Waals surface area contributed by atoms with Gasteiger partial charge in [-0.05, 0) is 31.0 Å². The maximum absolute atomic E-state index is 5.13. The summed E-state index contributed by atoms with van der Waals surface area (Å²) in [6, 6.07) is 10.1. The molecule has 0 aliphatic carbocycles. The molecule has 5 nitrogen and oxygen atoms in total. The van der Waals surface area contributed by atoms with Crippen LogP contribution in [0.3, 0.4) is 0 Å². The zero-order valence-corrected chi connectivity index (χ0v) is 14.4. The van der Waals surface area contributed by atoms with Crippen molar-refractivity contribution >= 4 is 5.65 Å². The zero-order chi connectivity index (χ0) is 17.4. The van der Waals surface area contributed by atoms with Crippen LogP contribution in [0.4, 0.5) is 0 Å². The summed E-state index contributed by atoms with van der Waals surface area (Å²) in [7, 11) is 1.61. The summed E-state index contributed by atoms with van der Waals surface area (Å²) in [6.07, 6.45) is 7.47. The Hall–Kier alpha value is -3.21. The predicted octanol–water partition coefficient (Wildman–Crippen LogP) is 4.08. The molecule has 0 aliphatic heterocycles. The largest absolute Gasteiger partial charge is 0.481 e. The monoisotopic (exact) mass is 330 g/mol. The highest BCUT2D eigenvalue weighted by Gasteiger charge is 2.11. The van der Waals surface area contributed by atoms with Crippen LogP contribution in [0, 0.1) is 13.8 Å². The van der Waals surface area contributed by atoms with E-state index in [1.807, 2.05) is 28.9 Å². The van der Waals surface area contributed by atoms with Crippen LogP contribution in [0.5, 0.6) is 5.88 Å². The third-order valence-electron chi connectivity index (χ3n) is 4.52. The molecule has 0 bridgehead atoms. The molecule has 5 heteroatoms. The van der Waals surface area contributed by atoms with Gasteiger partial charge in [0.1, 0.15) is 0 Å². The van der Waals surface area contributed by atoms with E-state index in [1.165, 1.54) is 11.1 Å². The van der Waals surface area contributed by atoms with Crippen LogP contribution in [0.1, 0.15) is 11.1 Å². The molecule has 4 rings (SSSR count). The highest BCUT2D eigenvalue weighted by atomic mass is 16.5. The first-order chi connectivity index (χ1) is 12.2. The molecule has 0 fully saturated rings. The van der Waals surface area contributed by atoms with E-state index < -0.39 is 0 Å². The van der Waals surface area contributed by atoms with E-state index in [0.29, 0.717) is 5.88 Å². The number of nitrogens with zero attached hydrogens (tertiary/aromatic N) is 4. The number of ether oxygens (including phenoxy) is 1. The summed E-state index contributed by atoms with van der Waals surface area (Å²) >= 11 is 0. The molecular weight excluding hydrogens is 312 g/mol. The van der Waals surface area contributed by atoms with Gasteiger partial charge in [0.2, 0.25) is 5.88 Å². The van der Waals surface area contributed by atoms with Gasteiger partial charge >= 0.3 is 0 Å². The number of fused-ring (bicyclic) bond motifs is 1. The van der Waals surface area contributed by atoms with Crippen LogP contribution < -0.4 is 4.74 Å². The Balaban J connectivity index is 1.86. The van der Waals surface area contributed by atoms with Crippen LogP contribution >= 0.6 is 0 Å². The molecule has 4 aromatic rings. The van der Waals surface area contributed by atoms with E-state index in [9.17, 15) is 0 Å². The van der Waals surface area contributed by atoms with Crippen molar-refractivity contribution in [3.05, 3.63) is 66.2 Å². The number of pyridine rings is 1. The molecule has 124 valence electrons. The number of hydrogen-bond donors (Lipinski definition) is 0. The second kappa shape index (κ2) is 6.02. The summed E-state index contributed by atoms with van der Waals surface area (Å²) in [5.41, 5.74) is 7.31. The van der Waals surface area contributed by atoms with E-state index >= 15 is 0 Å². The van der Waals surface area contributed by atoms with Crippen molar-refractivity contribution in [1.29, 1.82) is 0 Å². The van der Waals surface area contributed by atoms with E-state index in [2.05, 4.69) is 47.0 Å². The fourth-order valence-electron chi connectivity index (χ4n) is 2.92. The van der Waals surface area contributed by atoms with Gasteiger partial charge in [0.25, 0.3) is 0 Å². The van der Waals surface area contributed by atoms with Gasteiger partial charge < -0.3 is 4.74 Å². The molecule has 0 N–H and O–H groups in total. The second-order valence-electron chi connectivity index (χ2n) is 5.98. The summed E-state index contributed by atoms with van der Waals surface area (Å²) in [5, 5.41) is 0. The van der Waals surface area contributed by atoms with Crippen LogP contribution in [0.2, 0.25) is 0 Å². The van der Waals surface area contributed by atoms with Crippen molar-refractivity contribution in [3.63, 3.8) is 0 Å². The lowest BCUT2D eigenvalue weighted by Crippen LogP contribution is -1.95. The van der Waals surface area contributed by atoms with Crippen LogP contribution in [-0.4, -0.2) is 26.5 Å². The van der Waals surface area contributed by atoms with Gasteiger partial charge in [-0.25, -0.2) is 9.97 Å². The number of aryl methyl sites for hydroxylation is 1. The quantitative estimate of drug-likeness (QED) is 0.568. The Morgan fingerprint density at radius 3 is 2.56 bits per heavy atom. The standard InChI is InChI=1S/C20H18N4O/c1-13-5-4-6-16(14(13)2)17-12-24-18(10-22-19(24)11-21-17)15-7-8-20(25-3)23-9-15/h4-12H,1-3H3. The Labute approximate surface area is 146 Å². The summed E-state index contributed by atoms with van der Waals surface area (Å²) in [4.78, 5) is 13.3. The van der Waals surface area contributed by atoms with E-state index in [-0.39, 0.29) is 0 Å². The third kappa shape index (κ3) is 2.63. The second-order valence-corrected chi connectivity index (χ2v) is 5.98. The highest BCUT2D eigenvalue weighted by Crippen LogP contribution is 2.26. The number of methoxy groups -OCH3 is 1. The van der Waals surface area contributed by atoms with Crippen molar-refractivity contribution in [1.82, 2.24) is 19.4 Å². The number of hydrogen-bond acceptors (Lipinski definition) is 4. The average Bonchev–Trinajstić information content (AvgIpc) is 3.07. The molecule has 0 spiro atoms. The molecule has 0 radical (unpaired) electrons. The maximum atomic E-state index is 5.13. The number of imidazole rings is 1. The van der Waals surface area contributed by atoms with E-state index in [1.54, 1.807) is 19.5 Å². The first-order valence-corrected chi connectivity index (χ1v) is 8.07. The van der Waals surface area contributed by atoms with Crippen LogP contribution in [0.15, 0.2) is 55.1 Å². The molecule has 3 heterocycles. The molecular formula is C20H18N4O. The smallest absolute Gasteiger partial charge is 0.212 e. The molecule has 1 aromatic carbocycles. The Morgan fingerprint density at radius 1 is 0.920 bits per heavy atom. The molecule has 0 saturated heterocycles. The molecule has 0 atom stereocenters. The lowest BCUT2D eigenvalue weighted by molar-refractivity contribution is 0.398. The first-order valence-electron chi connectivity index (χ1n) is 8.07. The Kier molecular flexibility index (Phi) is 3.69. The molecule has 0 saturated carbocycles. The molecule has 0 unspecified atom stereocenters. The van der Waals surface area contributed by atoms with E-state index in [0.717, 1.165) is 28.2 Å². The lowest BCUT2D eigenvalue weighted by atomic mass is 10.0. The third-order valence-corrected chi connectivity index (χ3v) is 4.52. The van der Waals surface area contributed by atoms with Gasteiger partial charge in [-0.2, -0.15) is 0 Å². The Bertz CT molecular complexity index is 1050. The number of aromatic nitrogens is 4. The normalized spacial score (nSPS) is 11.0. The highest BCUT2D eigenvalue weighted by molar-refractivity contribution is 5.68. The molecule has 25 heavy (non-hydrogen) atoms. The fraction of sp³-hybridized carbons (Fsp3) is 0.150. The van der Waals surface area contributed by atoms with Crippen molar-refractivity contribution in [2.24, 2.45) is 0 Å². The zero-order valence-electron chi connectivity index (χ0n) is 14.4. The minimum absolute atomic E-state index is 0.593. The van der Waals surface area contributed by atoms with Gasteiger partial charge in [0.05, 0.1) is 30.9 Å². The Morgan fingerprint density at radius 2 is 1.80 bits per heavy atom. The predicted molar refractivity (Wildman–Crippen MR) is 97.7 cm³/mol. The average molecular weight is 330 g/mol. The fourth-order valence-corrected chi connectivity index (χ4v) is 2.92. The van der Waals surface area contributed by atoms with Crippen molar-refractivity contribution < 1.29 is 4.74 Å². The van der Waals surface area contributed by atoms with Gasteiger partial charge in [0, 0.05) is 29.6 Å². The minimum Gasteiger partial charge on any atom is -0.481 e. The number of benzene rings is 1. The summed E-state index contributed by atoms with van der Waals surface area (Å²) < 4.78 is 7.18. The minimum atomic E-state index is 0.593. The molecule has 3 aromatic heterocycles. The maximum Gasteiger partial charge on any atom is 0.212 e. The summed E-state index contributed by atoms with van der Waals surface area (Å²) in [6.45, 7) is 4.24. The van der Waals surface area contributed by atoms with Gasteiger partial charge in [0.15, 0.2) is 5.65 Å². The van der Waals surface area contributed by atoms with Crippen LogP contribution in [0.25, 0.3) is 28.2 Å². The van der Waals surface area contributed by atoms with E-state index in [4.69, 9.17) is 4.74 Å². The topological polar surface area (TPSA) is 52.3 Å². The van der Waals surface area contributed by atoms with Gasteiger partial charge in [-0.1, -0.05) is 18.2 Å². The molecule has 0 aliphatic rings. The lowest BCUT2D eigenvalue weighted by Gasteiger charge is -2.09. The number of rotatable bonds is 3. The first kappa shape index (κ1) is 15.3. The summed E-state index contributed by atoms with van der Waals surface area (Å²) in [5.74, 6) is 0.593. The molecule has 0 amide bonds. The van der Waals surface area contributed by atoms with Gasteiger partial charge in [-0.15, -0.1) is 0 Å². The van der Waals surface area contributed by atoms with Crippen molar-refractivity contribution in [2.45, 2.75) is 13.8 Å². The van der Waals surface area contributed by atoms with Gasteiger partial charge in [-0.3, -0.25) is 9.38 Å². The SMILES string of the molecule is COc1ccc(-c2cnc3cnc(-c4cccc(C)c4C)cn23)cn1. The van der Waals surface area contributed by atoms with Crippen LogP contribution in [-0.2, 0) is 0 Å². The van der Waals surface area contributed by atoms with Crippen molar-refractivity contribution in [3.8, 4) is 28.4 Å².